The first-order valence-corrected chi connectivity index (χ1v) is 6.27. The highest BCUT2D eigenvalue weighted by Crippen LogP contribution is 2.29. The van der Waals surface area contributed by atoms with Crippen molar-refractivity contribution in [3.63, 3.8) is 0 Å². The van der Waals surface area contributed by atoms with E-state index in [2.05, 4.69) is 18.9 Å². The van der Waals surface area contributed by atoms with Crippen LogP contribution in [0.4, 0.5) is 0 Å². The molecule has 0 atom stereocenters. The van der Waals surface area contributed by atoms with Gasteiger partial charge in [0.15, 0.2) is 5.78 Å². The number of ether oxygens (including phenoxy) is 1. The van der Waals surface area contributed by atoms with Gasteiger partial charge in [-0.25, -0.2) is 0 Å². The van der Waals surface area contributed by atoms with Crippen LogP contribution in [0.25, 0.3) is 11.3 Å². The number of nitrogens with zero attached hydrogens (tertiary/aromatic N) is 2. The van der Waals surface area contributed by atoms with Crippen LogP contribution in [0.3, 0.4) is 0 Å². The minimum absolute atomic E-state index is 0.0363. The highest BCUT2D eigenvalue weighted by Gasteiger charge is 2.15. The molecule has 0 fully saturated rings. The lowest BCUT2D eigenvalue weighted by atomic mass is 10.0. The minimum atomic E-state index is 0.0363. The highest BCUT2D eigenvalue weighted by molar-refractivity contribution is 6.00. The van der Waals surface area contributed by atoms with Gasteiger partial charge in [-0.05, 0) is 45.0 Å². The van der Waals surface area contributed by atoms with Crippen molar-refractivity contribution in [2.45, 2.75) is 26.8 Å². The first-order chi connectivity index (χ1) is 9.04. The molecule has 0 N–H and O–H groups in total. The van der Waals surface area contributed by atoms with E-state index in [-0.39, 0.29) is 11.8 Å². The molecule has 0 saturated carbocycles. The number of hydrogen-bond donors (Lipinski definition) is 0. The van der Waals surface area contributed by atoms with Crippen molar-refractivity contribution in [1.29, 1.82) is 0 Å². The van der Waals surface area contributed by atoms with Crippen LogP contribution in [0, 0.1) is 0 Å². The lowest BCUT2D eigenvalue weighted by molar-refractivity contribution is 0.101. The summed E-state index contributed by atoms with van der Waals surface area (Å²) in [6, 6.07) is 7.63. The zero-order valence-electron chi connectivity index (χ0n) is 11.7. The number of carbonyl (C=O) groups excluding carboxylic acids is 1. The molecule has 100 valence electrons. The summed E-state index contributed by atoms with van der Waals surface area (Å²) in [5.74, 6) is 0.769. The number of aromatic nitrogens is 2. The number of rotatable bonds is 4. The summed E-state index contributed by atoms with van der Waals surface area (Å²) in [5, 5.41) is 4.31. The van der Waals surface area contributed by atoms with E-state index in [0.29, 0.717) is 5.56 Å². The van der Waals surface area contributed by atoms with Crippen molar-refractivity contribution < 1.29 is 9.53 Å². The van der Waals surface area contributed by atoms with Crippen LogP contribution >= 0.6 is 0 Å². The standard InChI is InChI=1S/C15H18N2O2/c1-10(2)17-15(7-8-16-17)14-9-12(19-4)5-6-13(14)11(3)18/h5-10H,1-4H3. The predicted molar refractivity (Wildman–Crippen MR) is 74.6 cm³/mol. The molecule has 0 aliphatic heterocycles. The largest absolute Gasteiger partial charge is 0.497 e. The zero-order valence-corrected chi connectivity index (χ0v) is 11.7. The average Bonchev–Trinajstić information content (AvgIpc) is 2.87. The molecular weight excluding hydrogens is 240 g/mol. The van der Waals surface area contributed by atoms with Crippen molar-refractivity contribution in [2.24, 2.45) is 0 Å². The molecule has 2 aromatic rings. The maximum Gasteiger partial charge on any atom is 0.160 e. The molecule has 0 saturated heterocycles. The SMILES string of the molecule is COc1ccc(C(C)=O)c(-c2ccnn2C(C)C)c1. The number of Topliss-reactive ketones (excluding diaryl/α,β-unsaturated/α-hetero) is 1. The van der Waals surface area contributed by atoms with Crippen LogP contribution in [-0.4, -0.2) is 22.7 Å². The molecule has 0 unspecified atom stereocenters. The second-order valence-electron chi connectivity index (χ2n) is 4.72. The first kappa shape index (κ1) is 13.3. The van der Waals surface area contributed by atoms with Crippen LogP contribution in [0.15, 0.2) is 30.5 Å². The van der Waals surface area contributed by atoms with Gasteiger partial charge >= 0.3 is 0 Å². The zero-order chi connectivity index (χ0) is 14.0. The second-order valence-corrected chi connectivity index (χ2v) is 4.72. The van der Waals surface area contributed by atoms with E-state index in [1.54, 1.807) is 32.4 Å². The number of hydrogen-bond acceptors (Lipinski definition) is 3. The first-order valence-electron chi connectivity index (χ1n) is 6.27. The van der Waals surface area contributed by atoms with Gasteiger partial charge in [0.05, 0.1) is 12.8 Å². The molecule has 0 spiro atoms. The van der Waals surface area contributed by atoms with Crippen LogP contribution in [0.1, 0.15) is 37.2 Å². The topological polar surface area (TPSA) is 44.1 Å². The summed E-state index contributed by atoms with van der Waals surface area (Å²) in [7, 11) is 1.62. The molecule has 0 aliphatic rings. The van der Waals surface area contributed by atoms with Crippen molar-refractivity contribution in [3.05, 3.63) is 36.0 Å². The van der Waals surface area contributed by atoms with E-state index in [0.717, 1.165) is 17.0 Å². The third kappa shape index (κ3) is 2.52. The fraction of sp³-hybridized carbons (Fsp3) is 0.333. The van der Waals surface area contributed by atoms with Gasteiger partial charge in [0.1, 0.15) is 5.75 Å². The summed E-state index contributed by atoms with van der Waals surface area (Å²) in [6.07, 6.45) is 1.75. The number of benzene rings is 1. The smallest absolute Gasteiger partial charge is 0.160 e. The Morgan fingerprint density at radius 3 is 2.63 bits per heavy atom. The van der Waals surface area contributed by atoms with E-state index in [1.807, 2.05) is 16.8 Å². The summed E-state index contributed by atoms with van der Waals surface area (Å²) in [5.41, 5.74) is 2.47. The summed E-state index contributed by atoms with van der Waals surface area (Å²) in [6.45, 7) is 5.69. The third-order valence-corrected chi connectivity index (χ3v) is 3.04. The van der Waals surface area contributed by atoms with Crippen molar-refractivity contribution in [3.8, 4) is 17.0 Å². The van der Waals surface area contributed by atoms with Gasteiger partial charge in [-0.2, -0.15) is 5.10 Å². The van der Waals surface area contributed by atoms with Crippen molar-refractivity contribution in [2.75, 3.05) is 7.11 Å². The lowest BCUT2D eigenvalue weighted by Crippen LogP contribution is -2.07. The quantitative estimate of drug-likeness (QED) is 0.790. The molecule has 4 nitrogen and oxygen atoms in total. The van der Waals surface area contributed by atoms with E-state index >= 15 is 0 Å². The van der Waals surface area contributed by atoms with E-state index in [1.165, 1.54) is 0 Å². The number of carbonyl (C=O) groups is 1. The minimum Gasteiger partial charge on any atom is -0.497 e. The Morgan fingerprint density at radius 2 is 2.05 bits per heavy atom. The van der Waals surface area contributed by atoms with Crippen LogP contribution in [0.2, 0.25) is 0 Å². The Labute approximate surface area is 113 Å². The van der Waals surface area contributed by atoms with Gasteiger partial charge in [0.2, 0.25) is 0 Å². The van der Waals surface area contributed by atoms with Gasteiger partial charge in [-0.1, -0.05) is 0 Å². The van der Waals surface area contributed by atoms with E-state index in [4.69, 9.17) is 4.74 Å². The summed E-state index contributed by atoms with van der Waals surface area (Å²) in [4.78, 5) is 11.8. The molecular formula is C15H18N2O2. The Morgan fingerprint density at radius 1 is 1.32 bits per heavy atom. The molecule has 0 bridgehead atoms. The van der Waals surface area contributed by atoms with Gasteiger partial charge in [-0.3, -0.25) is 9.48 Å². The molecule has 0 aliphatic carbocycles. The molecule has 2 rings (SSSR count). The third-order valence-electron chi connectivity index (χ3n) is 3.04. The molecule has 1 aromatic carbocycles. The van der Waals surface area contributed by atoms with Gasteiger partial charge < -0.3 is 4.74 Å². The van der Waals surface area contributed by atoms with Crippen molar-refractivity contribution >= 4 is 5.78 Å². The fourth-order valence-corrected chi connectivity index (χ4v) is 2.11. The molecule has 1 heterocycles. The number of methoxy groups -OCH3 is 1. The van der Waals surface area contributed by atoms with Gasteiger partial charge in [0, 0.05) is 23.4 Å². The number of ketones is 1. The maximum absolute atomic E-state index is 11.8. The second kappa shape index (κ2) is 5.26. The maximum atomic E-state index is 11.8. The van der Waals surface area contributed by atoms with E-state index in [9.17, 15) is 4.79 Å². The molecule has 0 radical (unpaired) electrons. The summed E-state index contributed by atoms with van der Waals surface area (Å²) < 4.78 is 7.15. The molecule has 19 heavy (non-hydrogen) atoms. The van der Waals surface area contributed by atoms with Crippen molar-refractivity contribution in [1.82, 2.24) is 9.78 Å². The van der Waals surface area contributed by atoms with Crippen LogP contribution in [-0.2, 0) is 0 Å². The van der Waals surface area contributed by atoms with Crippen LogP contribution < -0.4 is 4.74 Å². The Kier molecular flexibility index (Phi) is 3.69. The summed E-state index contributed by atoms with van der Waals surface area (Å²) >= 11 is 0. The fourth-order valence-electron chi connectivity index (χ4n) is 2.11. The predicted octanol–water partition coefficient (Wildman–Crippen LogP) is 3.34. The van der Waals surface area contributed by atoms with E-state index < -0.39 is 0 Å². The normalized spacial score (nSPS) is 10.8. The molecule has 4 heteroatoms. The van der Waals surface area contributed by atoms with Gasteiger partial charge in [-0.15, -0.1) is 0 Å². The monoisotopic (exact) mass is 258 g/mol. The van der Waals surface area contributed by atoms with Crippen LogP contribution in [0.5, 0.6) is 5.75 Å². The Hall–Kier alpha value is -2.10. The molecule has 1 aromatic heterocycles. The highest BCUT2D eigenvalue weighted by atomic mass is 16.5. The Balaban J connectivity index is 2.65. The lowest BCUT2D eigenvalue weighted by Gasteiger charge is -2.14. The Bertz CT molecular complexity index is 600. The van der Waals surface area contributed by atoms with Gasteiger partial charge in [0.25, 0.3) is 0 Å². The molecule has 0 amide bonds. The average molecular weight is 258 g/mol.